The van der Waals surface area contributed by atoms with Crippen molar-refractivity contribution in [1.29, 1.82) is 5.26 Å². The van der Waals surface area contributed by atoms with Gasteiger partial charge in [0.2, 0.25) is 0 Å². The van der Waals surface area contributed by atoms with E-state index >= 15 is 0 Å². The third-order valence-electron chi connectivity index (χ3n) is 2.17. The fourth-order valence-electron chi connectivity index (χ4n) is 1.49. The van der Waals surface area contributed by atoms with Crippen LogP contribution in [0.15, 0.2) is 12.3 Å². The second kappa shape index (κ2) is 3.58. The summed E-state index contributed by atoms with van der Waals surface area (Å²) >= 11 is 0. The molecule has 1 aromatic heterocycles. The van der Waals surface area contributed by atoms with E-state index in [-0.39, 0.29) is 6.23 Å². The normalized spacial score (nSPS) is 22.5. The zero-order valence-corrected chi connectivity index (χ0v) is 7.31. The van der Waals surface area contributed by atoms with E-state index in [2.05, 4.69) is 5.10 Å². The average molecular weight is 177 g/mol. The molecule has 1 fully saturated rings. The Morgan fingerprint density at radius 2 is 2.54 bits per heavy atom. The van der Waals surface area contributed by atoms with Gasteiger partial charge < -0.3 is 4.74 Å². The van der Waals surface area contributed by atoms with Gasteiger partial charge in [0.25, 0.3) is 0 Å². The second-order valence-electron chi connectivity index (χ2n) is 3.11. The predicted molar refractivity (Wildman–Crippen MR) is 45.8 cm³/mol. The maximum atomic E-state index is 8.58. The molecule has 1 aliphatic heterocycles. The number of hydrogen-bond donors (Lipinski definition) is 0. The van der Waals surface area contributed by atoms with Crippen molar-refractivity contribution in [2.24, 2.45) is 0 Å². The lowest BCUT2D eigenvalue weighted by Gasteiger charge is -2.22. The average Bonchev–Trinajstić information content (AvgIpc) is 2.67. The van der Waals surface area contributed by atoms with Crippen molar-refractivity contribution >= 4 is 0 Å². The van der Waals surface area contributed by atoms with E-state index in [1.54, 1.807) is 16.9 Å². The molecule has 0 aliphatic carbocycles. The minimum atomic E-state index is 0.0378. The van der Waals surface area contributed by atoms with Crippen LogP contribution in [0.25, 0.3) is 0 Å². The molecular weight excluding hydrogens is 166 g/mol. The molecule has 0 saturated carbocycles. The molecule has 0 radical (unpaired) electrons. The summed E-state index contributed by atoms with van der Waals surface area (Å²) < 4.78 is 7.25. The van der Waals surface area contributed by atoms with Crippen molar-refractivity contribution in [1.82, 2.24) is 9.78 Å². The quantitative estimate of drug-likeness (QED) is 0.652. The molecule has 13 heavy (non-hydrogen) atoms. The molecule has 0 amide bonds. The van der Waals surface area contributed by atoms with Crippen molar-refractivity contribution in [2.75, 3.05) is 6.61 Å². The summed E-state index contributed by atoms with van der Waals surface area (Å²) in [5.41, 5.74) is 0.453. The fraction of sp³-hybridized carbons (Fsp3) is 0.556. The van der Waals surface area contributed by atoms with Crippen molar-refractivity contribution in [2.45, 2.75) is 25.5 Å². The maximum absolute atomic E-state index is 8.58. The molecule has 0 spiro atoms. The van der Waals surface area contributed by atoms with Gasteiger partial charge in [-0.15, -0.1) is 0 Å². The highest BCUT2D eigenvalue weighted by Gasteiger charge is 2.15. The topological polar surface area (TPSA) is 50.8 Å². The molecule has 0 N–H and O–H groups in total. The molecule has 4 heteroatoms. The van der Waals surface area contributed by atoms with E-state index in [4.69, 9.17) is 10.00 Å². The Bertz CT molecular complexity index is 320. The summed E-state index contributed by atoms with van der Waals surface area (Å²) in [5.74, 6) is 0. The number of hydrogen-bond acceptors (Lipinski definition) is 3. The van der Waals surface area contributed by atoms with E-state index < -0.39 is 0 Å². The Morgan fingerprint density at radius 3 is 3.15 bits per heavy atom. The summed E-state index contributed by atoms with van der Waals surface area (Å²) in [6, 6.07) is 3.71. The van der Waals surface area contributed by atoms with E-state index in [9.17, 15) is 0 Å². The van der Waals surface area contributed by atoms with Crippen LogP contribution in [0.2, 0.25) is 0 Å². The van der Waals surface area contributed by atoms with Gasteiger partial charge in [-0.05, 0) is 25.3 Å². The van der Waals surface area contributed by atoms with Gasteiger partial charge in [0.05, 0.1) is 0 Å². The Kier molecular flexibility index (Phi) is 2.28. The lowest BCUT2D eigenvalue weighted by Crippen LogP contribution is -2.18. The summed E-state index contributed by atoms with van der Waals surface area (Å²) in [6.07, 6.45) is 5.13. The first-order chi connectivity index (χ1) is 6.40. The number of nitrogens with zero attached hydrogens (tertiary/aromatic N) is 3. The largest absolute Gasteiger partial charge is 0.357 e. The third kappa shape index (κ3) is 1.70. The molecular formula is C9H11N3O. The summed E-state index contributed by atoms with van der Waals surface area (Å²) in [7, 11) is 0. The molecule has 2 heterocycles. The summed E-state index contributed by atoms with van der Waals surface area (Å²) in [4.78, 5) is 0. The molecule has 1 atom stereocenters. The van der Waals surface area contributed by atoms with Gasteiger partial charge in [0, 0.05) is 12.8 Å². The Labute approximate surface area is 76.7 Å². The van der Waals surface area contributed by atoms with Gasteiger partial charge in [-0.2, -0.15) is 10.4 Å². The molecule has 0 aromatic carbocycles. The zero-order valence-electron chi connectivity index (χ0n) is 7.31. The van der Waals surface area contributed by atoms with Crippen LogP contribution in [0.1, 0.15) is 31.2 Å². The van der Waals surface area contributed by atoms with Gasteiger partial charge in [0.1, 0.15) is 12.3 Å². The monoisotopic (exact) mass is 177 g/mol. The second-order valence-corrected chi connectivity index (χ2v) is 3.11. The van der Waals surface area contributed by atoms with Crippen molar-refractivity contribution in [3.05, 3.63) is 18.0 Å². The van der Waals surface area contributed by atoms with Crippen LogP contribution in [0.5, 0.6) is 0 Å². The van der Waals surface area contributed by atoms with Crippen molar-refractivity contribution in [3.63, 3.8) is 0 Å². The smallest absolute Gasteiger partial charge is 0.162 e. The Hall–Kier alpha value is -1.34. The zero-order chi connectivity index (χ0) is 9.10. The Balaban J connectivity index is 2.11. The van der Waals surface area contributed by atoms with Crippen molar-refractivity contribution in [3.8, 4) is 6.07 Å². The van der Waals surface area contributed by atoms with Crippen LogP contribution in [-0.4, -0.2) is 16.4 Å². The van der Waals surface area contributed by atoms with Gasteiger partial charge in [-0.25, -0.2) is 4.68 Å². The van der Waals surface area contributed by atoms with Crippen LogP contribution in [0, 0.1) is 11.3 Å². The molecule has 1 saturated heterocycles. The number of ether oxygens (including phenoxy) is 1. The molecule has 1 aliphatic rings. The first-order valence-electron chi connectivity index (χ1n) is 4.47. The van der Waals surface area contributed by atoms with Gasteiger partial charge in [-0.3, -0.25) is 0 Å². The van der Waals surface area contributed by atoms with Crippen LogP contribution in [0.3, 0.4) is 0 Å². The SMILES string of the molecule is N#Cc1ccn(C2CCCCO2)n1. The van der Waals surface area contributed by atoms with Crippen LogP contribution in [0.4, 0.5) is 0 Å². The van der Waals surface area contributed by atoms with E-state index in [1.807, 2.05) is 6.07 Å². The first kappa shape index (κ1) is 8.27. The minimum Gasteiger partial charge on any atom is -0.357 e. The van der Waals surface area contributed by atoms with E-state index in [0.29, 0.717) is 5.69 Å². The highest BCUT2D eigenvalue weighted by Crippen LogP contribution is 2.21. The van der Waals surface area contributed by atoms with Crippen LogP contribution >= 0.6 is 0 Å². The maximum Gasteiger partial charge on any atom is 0.162 e. The minimum absolute atomic E-state index is 0.0378. The standard InChI is InChI=1S/C9H11N3O/c10-7-8-4-5-12(11-8)9-3-1-2-6-13-9/h4-5,9H,1-3,6H2. The highest BCUT2D eigenvalue weighted by atomic mass is 16.5. The number of aromatic nitrogens is 2. The van der Waals surface area contributed by atoms with Gasteiger partial charge in [0.15, 0.2) is 5.69 Å². The van der Waals surface area contributed by atoms with E-state index in [1.165, 1.54) is 6.42 Å². The molecule has 4 nitrogen and oxygen atoms in total. The number of nitriles is 1. The first-order valence-corrected chi connectivity index (χ1v) is 4.47. The van der Waals surface area contributed by atoms with Gasteiger partial charge >= 0.3 is 0 Å². The lowest BCUT2D eigenvalue weighted by atomic mass is 10.2. The lowest BCUT2D eigenvalue weighted by molar-refractivity contribution is -0.0395. The summed E-state index contributed by atoms with van der Waals surface area (Å²) in [6.45, 7) is 0.798. The third-order valence-corrected chi connectivity index (χ3v) is 2.17. The molecule has 0 bridgehead atoms. The fourth-order valence-corrected chi connectivity index (χ4v) is 1.49. The molecule has 1 aromatic rings. The number of rotatable bonds is 1. The van der Waals surface area contributed by atoms with Crippen LogP contribution in [-0.2, 0) is 4.74 Å². The van der Waals surface area contributed by atoms with Crippen LogP contribution < -0.4 is 0 Å². The van der Waals surface area contributed by atoms with E-state index in [0.717, 1.165) is 19.4 Å². The van der Waals surface area contributed by atoms with Crippen molar-refractivity contribution < 1.29 is 4.74 Å². The molecule has 1 unspecified atom stereocenters. The highest BCUT2D eigenvalue weighted by molar-refractivity contribution is 5.16. The Morgan fingerprint density at radius 1 is 1.62 bits per heavy atom. The molecule has 68 valence electrons. The summed E-state index contributed by atoms with van der Waals surface area (Å²) in [5, 5.41) is 12.7. The molecule has 2 rings (SSSR count). The van der Waals surface area contributed by atoms with Gasteiger partial charge in [-0.1, -0.05) is 0 Å². The predicted octanol–water partition coefficient (Wildman–Crippen LogP) is 1.45.